The van der Waals surface area contributed by atoms with Crippen LogP contribution in [-0.4, -0.2) is 65.5 Å². The second kappa shape index (κ2) is 8.85. The molecule has 27 heavy (non-hydrogen) atoms. The second-order valence-electron chi connectivity index (χ2n) is 6.43. The molecule has 2 N–H and O–H groups in total. The van der Waals surface area contributed by atoms with Gasteiger partial charge in [-0.15, -0.1) is 5.10 Å². The third-order valence-corrected chi connectivity index (χ3v) is 6.49. The zero-order chi connectivity index (χ0) is 19.3. The van der Waals surface area contributed by atoms with E-state index in [2.05, 4.69) is 20.5 Å². The van der Waals surface area contributed by atoms with E-state index in [1.54, 1.807) is 0 Å². The van der Waals surface area contributed by atoms with E-state index in [1.165, 1.54) is 22.3 Å². The second-order valence-corrected chi connectivity index (χ2v) is 9.48. The molecule has 3 rings (SSSR count). The number of thioether (sulfide) groups is 1. The van der Waals surface area contributed by atoms with Gasteiger partial charge in [0.25, 0.3) is 0 Å². The molecule has 0 radical (unpaired) electrons. The highest BCUT2D eigenvalue weighted by atomic mass is 32.2. The van der Waals surface area contributed by atoms with E-state index in [1.807, 2.05) is 30.3 Å². The monoisotopic (exact) mass is 409 g/mol. The molecular weight excluding hydrogens is 386 g/mol. The Kier molecular flexibility index (Phi) is 6.51. The molecule has 1 aromatic heterocycles. The normalized spacial score (nSPS) is 18.3. The zero-order valence-electron chi connectivity index (χ0n) is 15.1. The first-order chi connectivity index (χ1) is 12.9. The SMILES string of the molecule is CS(=O)(=O)N1CCCC(C(=O)NCCSc2n[nH]c(-c3ccccc3)n2)C1. The number of aromatic amines is 1. The Hall–Kier alpha value is -1.91. The van der Waals surface area contributed by atoms with E-state index in [0.29, 0.717) is 42.7 Å². The summed E-state index contributed by atoms with van der Waals surface area (Å²) in [6.45, 7) is 1.24. The van der Waals surface area contributed by atoms with Crippen molar-refractivity contribution in [3.8, 4) is 11.4 Å². The van der Waals surface area contributed by atoms with Gasteiger partial charge in [0.2, 0.25) is 21.1 Å². The Labute approximate surface area is 163 Å². The van der Waals surface area contributed by atoms with Crippen LogP contribution >= 0.6 is 11.8 Å². The van der Waals surface area contributed by atoms with Gasteiger partial charge < -0.3 is 5.32 Å². The average molecular weight is 410 g/mol. The number of carbonyl (C=O) groups is 1. The van der Waals surface area contributed by atoms with Gasteiger partial charge in [0.1, 0.15) is 0 Å². The van der Waals surface area contributed by atoms with Gasteiger partial charge in [-0.05, 0) is 12.8 Å². The minimum atomic E-state index is -3.24. The van der Waals surface area contributed by atoms with Gasteiger partial charge in [0.05, 0.1) is 12.2 Å². The van der Waals surface area contributed by atoms with Crippen molar-refractivity contribution in [2.45, 2.75) is 18.0 Å². The lowest BCUT2D eigenvalue weighted by molar-refractivity contribution is -0.125. The summed E-state index contributed by atoms with van der Waals surface area (Å²) < 4.78 is 24.7. The maximum atomic E-state index is 12.3. The van der Waals surface area contributed by atoms with Crippen molar-refractivity contribution in [1.82, 2.24) is 24.8 Å². The molecule has 10 heteroatoms. The van der Waals surface area contributed by atoms with Crippen LogP contribution in [0.1, 0.15) is 12.8 Å². The highest BCUT2D eigenvalue weighted by molar-refractivity contribution is 7.99. The number of nitrogens with one attached hydrogen (secondary N) is 2. The molecule has 1 amide bonds. The molecule has 0 bridgehead atoms. The van der Waals surface area contributed by atoms with Gasteiger partial charge in [-0.3, -0.25) is 9.89 Å². The summed E-state index contributed by atoms with van der Waals surface area (Å²) in [6, 6.07) is 9.74. The molecule has 0 saturated carbocycles. The Morgan fingerprint density at radius 3 is 2.89 bits per heavy atom. The van der Waals surface area contributed by atoms with Crippen LogP contribution < -0.4 is 5.32 Å². The van der Waals surface area contributed by atoms with Crippen LogP contribution in [0, 0.1) is 5.92 Å². The summed E-state index contributed by atoms with van der Waals surface area (Å²) in [6.07, 6.45) is 2.61. The van der Waals surface area contributed by atoms with Crippen molar-refractivity contribution in [2.24, 2.45) is 5.92 Å². The summed E-state index contributed by atoms with van der Waals surface area (Å²) in [5, 5.41) is 10.6. The number of piperidine rings is 1. The average Bonchev–Trinajstić information content (AvgIpc) is 3.14. The minimum Gasteiger partial charge on any atom is -0.355 e. The smallest absolute Gasteiger partial charge is 0.224 e. The third-order valence-electron chi connectivity index (χ3n) is 4.37. The first-order valence-electron chi connectivity index (χ1n) is 8.77. The zero-order valence-corrected chi connectivity index (χ0v) is 16.7. The third kappa shape index (κ3) is 5.53. The number of carbonyl (C=O) groups excluding carboxylic acids is 1. The van der Waals surface area contributed by atoms with Gasteiger partial charge in [-0.25, -0.2) is 17.7 Å². The number of hydrogen-bond acceptors (Lipinski definition) is 6. The summed E-state index contributed by atoms with van der Waals surface area (Å²) in [5.41, 5.74) is 0.970. The number of benzene rings is 1. The van der Waals surface area contributed by atoms with E-state index in [-0.39, 0.29) is 18.4 Å². The minimum absolute atomic E-state index is 0.0936. The molecule has 0 aliphatic carbocycles. The number of H-pyrrole nitrogens is 1. The van der Waals surface area contributed by atoms with Crippen molar-refractivity contribution < 1.29 is 13.2 Å². The highest BCUT2D eigenvalue weighted by Gasteiger charge is 2.29. The maximum absolute atomic E-state index is 12.3. The molecular formula is C17H23N5O3S2. The van der Waals surface area contributed by atoms with Gasteiger partial charge >= 0.3 is 0 Å². The maximum Gasteiger partial charge on any atom is 0.224 e. The van der Waals surface area contributed by atoms with Gasteiger partial charge in [0.15, 0.2) is 5.82 Å². The quantitative estimate of drug-likeness (QED) is 0.528. The van der Waals surface area contributed by atoms with Gasteiger partial charge in [0, 0.05) is 31.0 Å². The lowest BCUT2D eigenvalue weighted by Crippen LogP contribution is -2.45. The van der Waals surface area contributed by atoms with Crippen LogP contribution in [0.5, 0.6) is 0 Å². The Bertz CT molecular complexity index is 870. The van der Waals surface area contributed by atoms with Gasteiger partial charge in [-0.2, -0.15) is 0 Å². The van der Waals surface area contributed by atoms with Crippen molar-refractivity contribution >= 4 is 27.7 Å². The molecule has 1 aliphatic heterocycles. The molecule has 2 aromatic rings. The molecule has 1 saturated heterocycles. The van der Waals surface area contributed by atoms with Crippen LogP contribution in [0.25, 0.3) is 11.4 Å². The van der Waals surface area contributed by atoms with E-state index >= 15 is 0 Å². The summed E-state index contributed by atoms with van der Waals surface area (Å²) in [7, 11) is -3.24. The van der Waals surface area contributed by atoms with Gasteiger partial charge in [-0.1, -0.05) is 42.1 Å². The van der Waals surface area contributed by atoms with Crippen molar-refractivity contribution in [3.63, 3.8) is 0 Å². The summed E-state index contributed by atoms with van der Waals surface area (Å²) >= 11 is 1.45. The van der Waals surface area contributed by atoms with E-state index in [4.69, 9.17) is 0 Å². The number of aromatic nitrogens is 3. The molecule has 146 valence electrons. The highest BCUT2D eigenvalue weighted by Crippen LogP contribution is 2.20. The standard InChI is InChI=1S/C17H23N5O3S2/c1-27(24,25)22-10-5-8-14(12-22)16(23)18-9-11-26-17-19-15(20-21-17)13-6-3-2-4-7-13/h2-4,6-7,14H,5,8-12H2,1H3,(H,18,23)(H,19,20,21). The number of rotatable bonds is 7. The first kappa shape index (κ1) is 19.8. The van der Waals surface area contributed by atoms with Crippen LogP contribution in [0.15, 0.2) is 35.5 Å². The number of nitrogens with zero attached hydrogens (tertiary/aromatic N) is 3. The molecule has 1 unspecified atom stereocenters. The van der Waals surface area contributed by atoms with Crippen LogP contribution in [0.3, 0.4) is 0 Å². The van der Waals surface area contributed by atoms with Crippen molar-refractivity contribution in [2.75, 3.05) is 31.6 Å². The lowest BCUT2D eigenvalue weighted by atomic mass is 9.99. The molecule has 1 aromatic carbocycles. The topological polar surface area (TPSA) is 108 Å². The number of hydrogen-bond donors (Lipinski definition) is 2. The number of sulfonamides is 1. The lowest BCUT2D eigenvalue weighted by Gasteiger charge is -2.30. The largest absolute Gasteiger partial charge is 0.355 e. The van der Waals surface area contributed by atoms with E-state index in [9.17, 15) is 13.2 Å². The summed E-state index contributed by atoms with van der Waals surface area (Å²) in [5.74, 6) is 0.973. The summed E-state index contributed by atoms with van der Waals surface area (Å²) in [4.78, 5) is 16.7. The molecule has 8 nitrogen and oxygen atoms in total. The van der Waals surface area contributed by atoms with E-state index in [0.717, 1.165) is 5.56 Å². The van der Waals surface area contributed by atoms with Crippen molar-refractivity contribution in [3.05, 3.63) is 30.3 Å². The first-order valence-corrected chi connectivity index (χ1v) is 11.6. The molecule has 0 spiro atoms. The molecule has 1 atom stereocenters. The predicted octanol–water partition coefficient (Wildman–Crippen LogP) is 1.35. The number of amides is 1. The van der Waals surface area contributed by atoms with Crippen LogP contribution in [-0.2, 0) is 14.8 Å². The van der Waals surface area contributed by atoms with E-state index < -0.39 is 10.0 Å². The molecule has 1 aliphatic rings. The Morgan fingerprint density at radius 1 is 1.37 bits per heavy atom. The fraction of sp³-hybridized carbons (Fsp3) is 0.471. The van der Waals surface area contributed by atoms with Crippen LogP contribution in [0.2, 0.25) is 0 Å². The molecule has 2 heterocycles. The Balaban J connectivity index is 1.42. The van der Waals surface area contributed by atoms with Crippen LogP contribution in [0.4, 0.5) is 0 Å². The molecule has 1 fully saturated rings. The van der Waals surface area contributed by atoms with Crippen molar-refractivity contribution in [1.29, 1.82) is 0 Å². The fourth-order valence-corrected chi connectivity index (χ4v) is 4.52. The predicted molar refractivity (Wildman–Crippen MR) is 105 cm³/mol. The fourth-order valence-electron chi connectivity index (χ4n) is 2.95. The Morgan fingerprint density at radius 2 is 2.15 bits per heavy atom.